The molecule has 0 aromatic carbocycles. The first-order valence-electron chi connectivity index (χ1n) is 9.24. The summed E-state index contributed by atoms with van der Waals surface area (Å²) in [6.07, 6.45) is 4.42. The number of H-pyrrole nitrogens is 1. The van der Waals surface area contributed by atoms with Crippen molar-refractivity contribution >= 4 is 17.0 Å². The Kier molecular flexibility index (Phi) is 4.02. The van der Waals surface area contributed by atoms with E-state index < -0.39 is 0 Å². The van der Waals surface area contributed by atoms with Crippen molar-refractivity contribution in [3.05, 3.63) is 30.1 Å². The molecule has 26 heavy (non-hydrogen) atoms. The fourth-order valence-corrected chi connectivity index (χ4v) is 3.84. The first kappa shape index (κ1) is 15.7. The van der Waals surface area contributed by atoms with Crippen LogP contribution in [0.15, 0.2) is 18.7 Å². The number of rotatable bonds is 3. The maximum absolute atomic E-state index is 4.80. The zero-order valence-electron chi connectivity index (χ0n) is 14.7. The third-order valence-corrected chi connectivity index (χ3v) is 5.20. The van der Waals surface area contributed by atoms with E-state index in [1.807, 2.05) is 0 Å². The predicted octanol–water partition coefficient (Wildman–Crippen LogP) is 0.365. The molecular weight excluding hydrogens is 330 g/mol. The minimum atomic E-state index is 0.727. The number of anilines is 1. The van der Waals surface area contributed by atoms with Crippen molar-refractivity contribution in [1.29, 1.82) is 0 Å². The lowest BCUT2D eigenvalue weighted by Gasteiger charge is -2.35. The molecule has 2 N–H and O–H groups in total. The number of aryl methyl sites for hydroxylation is 1. The Morgan fingerprint density at radius 3 is 2.88 bits per heavy atom. The Morgan fingerprint density at radius 2 is 1.96 bits per heavy atom. The van der Waals surface area contributed by atoms with Crippen LogP contribution in [0.5, 0.6) is 0 Å². The third kappa shape index (κ3) is 2.93. The van der Waals surface area contributed by atoms with Crippen LogP contribution < -0.4 is 10.2 Å². The van der Waals surface area contributed by atoms with Gasteiger partial charge >= 0.3 is 0 Å². The Hall–Kier alpha value is -2.52. The predicted molar refractivity (Wildman–Crippen MR) is 97.7 cm³/mol. The molecule has 0 unspecified atom stereocenters. The van der Waals surface area contributed by atoms with E-state index in [2.05, 4.69) is 45.8 Å². The summed E-state index contributed by atoms with van der Waals surface area (Å²) in [5.74, 6) is 0.951. The minimum absolute atomic E-state index is 0.727. The second-order valence-electron chi connectivity index (χ2n) is 6.94. The molecule has 5 rings (SSSR count). The van der Waals surface area contributed by atoms with Crippen LogP contribution in [0.4, 0.5) is 5.82 Å². The molecule has 3 aromatic rings. The Morgan fingerprint density at radius 1 is 1.04 bits per heavy atom. The van der Waals surface area contributed by atoms with Crippen LogP contribution in [0.1, 0.15) is 17.8 Å². The van der Waals surface area contributed by atoms with E-state index in [1.54, 1.807) is 12.7 Å². The van der Waals surface area contributed by atoms with Gasteiger partial charge in [-0.05, 0) is 19.0 Å². The summed E-state index contributed by atoms with van der Waals surface area (Å²) in [7, 11) is 0. The molecule has 3 aromatic heterocycles. The minimum Gasteiger partial charge on any atom is -0.352 e. The van der Waals surface area contributed by atoms with Gasteiger partial charge in [-0.15, -0.1) is 0 Å². The highest BCUT2D eigenvalue weighted by molar-refractivity contribution is 5.82. The second-order valence-corrected chi connectivity index (χ2v) is 6.94. The maximum atomic E-state index is 4.80. The van der Waals surface area contributed by atoms with Gasteiger partial charge in [-0.2, -0.15) is 5.10 Å². The number of hydrogen-bond donors (Lipinski definition) is 2. The molecule has 0 saturated carbocycles. The summed E-state index contributed by atoms with van der Waals surface area (Å²) in [5.41, 5.74) is 4.13. The van der Waals surface area contributed by atoms with Crippen molar-refractivity contribution in [2.45, 2.75) is 26.1 Å². The largest absolute Gasteiger partial charge is 0.352 e. The lowest BCUT2D eigenvalue weighted by Crippen LogP contribution is -2.46. The molecule has 136 valence electrons. The van der Waals surface area contributed by atoms with Gasteiger partial charge in [-0.3, -0.25) is 9.58 Å². The number of aromatic nitrogens is 6. The summed E-state index contributed by atoms with van der Waals surface area (Å²) >= 11 is 0. The number of hydrogen-bond acceptors (Lipinski definition) is 7. The van der Waals surface area contributed by atoms with E-state index in [9.17, 15) is 0 Å². The van der Waals surface area contributed by atoms with Crippen molar-refractivity contribution in [3.8, 4) is 0 Å². The highest BCUT2D eigenvalue weighted by Gasteiger charge is 2.22. The van der Waals surface area contributed by atoms with Crippen molar-refractivity contribution in [2.75, 3.05) is 37.6 Å². The first-order chi connectivity index (χ1) is 12.9. The summed E-state index contributed by atoms with van der Waals surface area (Å²) in [4.78, 5) is 20.8. The molecule has 0 atom stereocenters. The molecular formula is C17H23N9. The van der Waals surface area contributed by atoms with Crippen molar-refractivity contribution in [2.24, 2.45) is 0 Å². The van der Waals surface area contributed by atoms with Gasteiger partial charge in [-0.1, -0.05) is 0 Å². The molecule has 0 radical (unpaired) electrons. The zero-order valence-corrected chi connectivity index (χ0v) is 14.7. The van der Waals surface area contributed by atoms with Gasteiger partial charge < -0.3 is 15.2 Å². The molecule has 0 spiro atoms. The molecule has 1 fully saturated rings. The van der Waals surface area contributed by atoms with Crippen molar-refractivity contribution < 1.29 is 0 Å². The van der Waals surface area contributed by atoms with Gasteiger partial charge in [0.15, 0.2) is 11.5 Å². The number of nitrogens with zero attached hydrogens (tertiary/aromatic N) is 7. The molecule has 0 aliphatic carbocycles. The molecule has 2 aliphatic rings. The number of imidazole rings is 1. The first-order valence-corrected chi connectivity index (χ1v) is 9.24. The summed E-state index contributed by atoms with van der Waals surface area (Å²) in [6, 6.07) is 2.25. The molecule has 2 aliphatic heterocycles. The van der Waals surface area contributed by atoms with Crippen LogP contribution in [0.3, 0.4) is 0 Å². The maximum Gasteiger partial charge on any atom is 0.182 e. The van der Waals surface area contributed by atoms with Gasteiger partial charge in [0.05, 0.1) is 17.7 Å². The quantitative estimate of drug-likeness (QED) is 0.703. The van der Waals surface area contributed by atoms with E-state index in [4.69, 9.17) is 5.10 Å². The topological polar surface area (TPSA) is 90.8 Å². The molecule has 0 bridgehead atoms. The normalized spacial score (nSPS) is 18.8. The van der Waals surface area contributed by atoms with E-state index in [0.717, 1.165) is 75.8 Å². The number of piperazine rings is 1. The van der Waals surface area contributed by atoms with Crippen molar-refractivity contribution in [3.63, 3.8) is 0 Å². The Labute approximate surface area is 151 Å². The van der Waals surface area contributed by atoms with Crippen molar-refractivity contribution in [1.82, 2.24) is 39.9 Å². The summed E-state index contributed by atoms with van der Waals surface area (Å²) in [5, 5.41) is 8.26. The van der Waals surface area contributed by atoms with Gasteiger partial charge in [-0.25, -0.2) is 15.0 Å². The van der Waals surface area contributed by atoms with Crippen LogP contribution in [-0.2, 0) is 19.6 Å². The fraction of sp³-hybridized carbons (Fsp3) is 0.529. The smallest absolute Gasteiger partial charge is 0.182 e. The zero-order chi connectivity index (χ0) is 17.3. The molecule has 9 nitrogen and oxygen atoms in total. The van der Waals surface area contributed by atoms with Gasteiger partial charge in [0, 0.05) is 45.8 Å². The van der Waals surface area contributed by atoms with Gasteiger partial charge in [0.1, 0.15) is 11.8 Å². The summed E-state index contributed by atoms with van der Waals surface area (Å²) < 4.78 is 2.17. The Bertz CT molecular complexity index is 867. The van der Waals surface area contributed by atoms with E-state index in [0.29, 0.717) is 0 Å². The van der Waals surface area contributed by atoms with Crippen LogP contribution in [0.2, 0.25) is 0 Å². The lowest BCUT2D eigenvalue weighted by molar-refractivity contribution is 0.246. The highest BCUT2D eigenvalue weighted by atomic mass is 15.3. The lowest BCUT2D eigenvalue weighted by atomic mass is 10.2. The van der Waals surface area contributed by atoms with Crippen LogP contribution in [-0.4, -0.2) is 67.3 Å². The van der Waals surface area contributed by atoms with E-state index in [-0.39, 0.29) is 0 Å². The average Bonchev–Trinajstić information content (AvgIpc) is 3.24. The van der Waals surface area contributed by atoms with E-state index in [1.165, 1.54) is 11.4 Å². The third-order valence-electron chi connectivity index (χ3n) is 5.20. The standard InChI is InChI=1S/C17H23N9/c1-2-18-9-14-8-13(23-26(14)3-1)10-24-4-6-25(7-5-24)17-15-16(20-11-19-15)21-12-22-17/h8,11-12,18H,1-7,9-10H2,(H,19,20,21,22). The number of nitrogens with one attached hydrogen (secondary N) is 2. The SMILES string of the molecule is c1nc(N2CCN(Cc3cc4n(n3)CCCNC4)CC2)c2[nH]cnc2n1. The van der Waals surface area contributed by atoms with Crippen LogP contribution >= 0.6 is 0 Å². The molecule has 9 heteroatoms. The number of fused-ring (bicyclic) bond motifs is 2. The average molecular weight is 353 g/mol. The second kappa shape index (κ2) is 6.65. The fourth-order valence-electron chi connectivity index (χ4n) is 3.84. The molecule has 1 saturated heterocycles. The van der Waals surface area contributed by atoms with Gasteiger partial charge in [0.25, 0.3) is 0 Å². The van der Waals surface area contributed by atoms with Crippen LogP contribution in [0, 0.1) is 0 Å². The number of aromatic amines is 1. The summed E-state index contributed by atoms with van der Waals surface area (Å²) in [6.45, 7) is 7.82. The van der Waals surface area contributed by atoms with Gasteiger partial charge in [0.2, 0.25) is 0 Å². The molecule has 0 amide bonds. The monoisotopic (exact) mass is 353 g/mol. The Balaban J connectivity index is 1.24. The molecule has 5 heterocycles. The van der Waals surface area contributed by atoms with E-state index >= 15 is 0 Å². The highest BCUT2D eigenvalue weighted by Crippen LogP contribution is 2.21. The van der Waals surface area contributed by atoms with Crippen LogP contribution in [0.25, 0.3) is 11.2 Å².